The van der Waals surface area contributed by atoms with Gasteiger partial charge in [-0.1, -0.05) is 24.6 Å². The molecule has 1 N–H and O–H groups in total. The molecule has 0 rings (SSSR count). The number of hydrogen-bond donors (Lipinski definition) is 1. The van der Waals surface area contributed by atoms with Gasteiger partial charge in [0.2, 0.25) is 0 Å². The Morgan fingerprint density at radius 2 is 2.06 bits per heavy atom. The molecule has 0 spiro atoms. The van der Waals surface area contributed by atoms with Crippen molar-refractivity contribution in [2.45, 2.75) is 40.2 Å². The number of ether oxygens (including phenoxy) is 1. The molecular formula is C13H23NO2. The molecule has 0 radical (unpaired) electrons. The minimum Gasteiger partial charge on any atom is -0.444 e. The summed E-state index contributed by atoms with van der Waals surface area (Å²) >= 11 is 0. The van der Waals surface area contributed by atoms with Gasteiger partial charge in [0.15, 0.2) is 0 Å². The average molecular weight is 225 g/mol. The molecule has 1 amide bonds. The molecule has 3 heteroatoms. The highest BCUT2D eigenvalue weighted by Gasteiger charge is 2.15. The van der Waals surface area contributed by atoms with Crippen LogP contribution in [0.25, 0.3) is 0 Å². The van der Waals surface area contributed by atoms with E-state index in [-0.39, 0.29) is 6.09 Å². The van der Waals surface area contributed by atoms with Crippen molar-refractivity contribution in [3.63, 3.8) is 0 Å². The summed E-state index contributed by atoms with van der Waals surface area (Å²) in [5.74, 6) is 0.334. The first-order valence-corrected chi connectivity index (χ1v) is 5.52. The van der Waals surface area contributed by atoms with Crippen LogP contribution in [0.4, 0.5) is 4.79 Å². The van der Waals surface area contributed by atoms with Crippen LogP contribution >= 0.6 is 0 Å². The molecule has 0 fully saturated rings. The standard InChI is InChI=1S/C13H23NO2/c1-7-10(2)11(3)8-9-14-12(15)16-13(4,5)6/h7-8,10H,1,9H2,2-6H3,(H,14,15). The normalized spacial score (nSPS) is 14.2. The van der Waals surface area contributed by atoms with E-state index in [4.69, 9.17) is 4.74 Å². The zero-order valence-electron chi connectivity index (χ0n) is 11.0. The molecule has 1 unspecified atom stereocenters. The molecule has 0 saturated heterocycles. The molecule has 0 aliphatic rings. The maximum absolute atomic E-state index is 11.3. The number of carbonyl (C=O) groups excluding carboxylic acids is 1. The van der Waals surface area contributed by atoms with Crippen molar-refractivity contribution in [1.82, 2.24) is 5.32 Å². The second-order valence-electron chi connectivity index (χ2n) is 4.86. The topological polar surface area (TPSA) is 38.3 Å². The number of amides is 1. The van der Waals surface area contributed by atoms with Crippen LogP contribution in [0.3, 0.4) is 0 Å². The molecule has 0 aromatic rings. The monoisotopic (exact) mass is 225 g/mol. The van der Waals surface area contributed by atoms with Crippen LogP contribution in [0.15, 0.2) is 24.3 Å². The summed E-state index contributed by atoms with van der Waals surface area (Å²) in [6.07, 6.45) is 3.46. The van der Waals surface area contributed by atoms with Crippen molar-refractivity contribution in [2.24, 2.45) is 5.92 Å². The van der Waals surface area contributed by atoms with E-state index >= 15 is 0 Å². The van der Waals surface area contributed by atoms with Gasteiger partial charge in [-0.05, 0) is 33.6 Å². The van der Waals surface area contributed by atoms with Crippen LogP contribution in [-0.2, 0) is 4.74 Å². The molecule has 1 atom stereocenters. The van der Waals surface area contributed by atoms with Crippen molar-refractivity contribution in [1.29, 1.82) is 0 Å². The minimum atomic E-state index is -0.447. The van der Waals surface area contributed by atoms with E-state index in [1.807, 2.05) is 39.8 Å². The summed E-state index contributed by atoms with van der Waals surface area (Å²) in [4.78, 5) is 11.3. The number of nitrogens with one attached hydrogen (secondary N) is 1. The van der Waals surface area contributed by atoms with Crippen molar-refractivity contribution in [3.05, 3.63) is 24.3 Å². The Balaban J connectivity index is 3.99. The number of hydrogen-bond acceptors (Lipinski definition) is 2. The molecule has 0 heterocycles. The van der Waals surface area contributed by atoms with Crippen molar-refractivity contribution < 1.29 is 9.53 Å². The van der Waals surface area contributed by atoms with Crippen LogP contribution in [0, 0.1) is 5.92 Å². The third-order valence-electron chi connectivity index (χ3n) is 2.14. The predicted molar refractivity (Wildman–Crippen MR) is 67.4 cm³/mol. The van der Waals surface area contributed by atoms with Gasteiger partial charge in [0.25, 0.3) is 0 Å². The van der Waals surface area contributed by atoms with Crippen LogP contribution in [0.1, 0.15) is 34.6 Å². The Bertz CT molecular complexity index is 274. The number of allylic oxidation sites excluding steroid dienone is 2. The largest absolute Gasteiger partial charge is 0.444 e. The quantitative estimate of drug-likeness (QED) is 0.746. The minimum absolute atomic E-state index is 0.334. The molecular weight excluding hydrogens is 202 g/mol. The van der Waals surface area contributed by atoms with Gasteiger partial charge in [-0.2, -0.15) is 0 Å². The van der Waals surface area contributed by atoms with E-state index in [0.717, 1.165) is 0 Å². The maximum Gasteiger partial charge on any atom is 0.407 e. The molecule has 0 aliphatic carbocycles. The predicted octanol–water partition coefficient (Wildman–Crippen LogP) is 3.28. The summed E-state index contributed by atoms with van der Waals surface area (Å²) in [5, 5.41) is 2.68. The van der Waals surface area contributed by atoms with E-state index in [1.54, 1.807) is 0 Å². The average Bonchev–Trinajstić information content (AvgIpc) is 2.13. The van der Waals surface area contributed by atoms with Gasteiger partial charge in [-0.3, -0.25) is 0 Å². The lowest BCUT2D eigenvalue weighted by Gasteiger charge is -2.19. The lowest BCUT2D eigenvalue weighted by molar-refractivity contribution is 0.0534. The molecule has 92 valence electrons. The summed E-state index contributed by atoms with van der Waals surface area (Å²) < 4.78 is 5.11. The van der Waals surface area contributed by atoms with Crippen molar-refractivity contribution >= 4 is 6.09 Å². The molecule has 0 saturated carbocycles. The van der Waals surface area contributed by atoms with E-state index in [0.29, 0.717) is 12.5 Å². The lowest BCUT2D eigenvalue weighted by atomic mass is 10.0. The first-order chi connectivity index (χ1) is 7.26. The smallest absolute Gasteiger partial charge is 0.407 e. The summed E-state index contributed by atoms with van der Waals surface area (Å²) in [6, 6.07) is 0. The van der Waals surface area contributed by atoms with Crippen molar-refractivity contribution in [3.8, 4) is 0 Å². The Labute approximate surface area is 98.6 Å². The van der Waals surface area contributed by atoms with Crippen LogP contribution in [-0.4, -0.2) is 18.2 Å². The Kier molecular flexibility index (Phi) is 5.86. The highest BCUT2D eigenvalue weighted by molar-refractivity contribution is 5.67. The van der Waals surface area contributed by atoms with Gasteiger partial charge in [0, 0.05) is 6.54 Å². The van der Waals surface area contributed by atoms with Gasteiger partial charge in [-0.15, -0.1) is 6.58 Å². The summed E-state index contributed by atoms with van der Waals surface area (Å²) in [7, 11) is 0. The fourth-order valence-electron chi connectivity index (χ4n) is 0.981. The second kappa shape index (κ2) is 6.36. The zero-order valence-corrected chi connectivity index (χ0v) is 11.0. The maximum atomic E-state index is 11.3. The third kappa shape index (κ3) is 7.10. The van der Waals surface area contributed by atoms with Gasteiger partial charge in [-0.25, -0.2) is 4.79 Å². The summed E-state index contributed by atoms with van der Waals surface area (Å²) in [5.41, 5.74) is 0.739. The highest BCUT2D eigenvalue weighted by atomic mass is 16.6. The fourth-order valence-corrected chi connectivity index (χ4v) is 0.981. The van der Waals surface area contributed by atoms with Gasteiger partial charge < -0.3 is 10.1 Å². The fraction of sp³-hybridized carbons (Fsp3) is 0.615. The molecule has 0 aromatic carbocycles. The third-order valence-corrected chi connectivity index (χ3v) is 2.14. The Morgan fingerprint density at radius 1 is 1.50 bits per heavy atom. The van der Waals surface area contributed by atoms with Crippen LogP contribution in [0.5, 0.6) is 0 Å². The second-order valence-corrected chi connectivity index (χ2v) is 4.86. The van der Waals surface area contributed by atoms with Crippen molar-refractivity contribution in [2.75, 3.05) is 6.54 Å². The van der Waals surface area contributed by atoms with Gasteiger partial charge >= 0.3 is 6.09 Å². The molecule has 3 nitrogen and oxygen atoms in total. The number of carbonyl (C=O) groups is 1. The van der Waals surface area contributed by atoms with Crippen LogP contribution < -0.4 is 5.32 Å². The number of rotatable bonds is 4. The van der Waals surface area contributed by atoms with Gasteiger partial charge in [0.05, 0.1) is 0 Å². The Hall–Kier alpha value is -1.25. The highest BCUT2D eigenvalue weighted by Crippen LogP contribution is 2.09. The van der Waals surface area contributed by atoms with Crippen LogP contribution in [0.2, 0.25) is 0 Å². The number of alkyl carbamates (subject to hydrolysis) is 1. The Morgan fingerprint density at radius 3 is 2.50 bits per heavy atom. The molecule has 0 bridgehead atoms. The van der Waals surface area contributed by atoms with E-state index < -0.39 is 5.60 Å². The first kappa shape index (κ1) is 14.8. The van der Waals surface area contributed by atoms with E-state index in [1.165, 1.54) is 5.57 Å². The lowest BCUT2D eigenvalue weighted by Crippen LogP contribution is -2.32. The summed E-state index contributed by atoms with van der Waals surface area (Å²) in [6.45, 7) is 13.8. The first-order valence-electron chi connectivity index (χ1n) is 5.52. The SMILES string of the molecule is C=CC(C)C(C)=CCNC(=O)OC(C)(C)C. The van der Waals surface area contributed by atoms with E-state index in [2.05, 4.69) is 18.8 Å². The van der Waals surface area contributed by atoms with Gasteiger partial charge in [0.1, 0.15) is 5.60 Å². The molecule has 0 aromatic heterocycles. The molecule has 0 aliphatic heterocycles. The van der Waals surface area contributed by atoms with E-state index in [9.17, 15) is 4.79 Å². The molecule has 16 heavy (non-hydrogen) atoms. The zero-order chi connectivity index (χ0) is 12.8.